The number of rotatable bonds is 3. The topological polar surface area (TPSA) is 69.7 Å². The van der Waals surface area contributed by atoms with Gasteiger partial charge in [-0.3, -0.25) is 14.4 Å². The van der Waals surface area contributed by atoms with E-state index in [2.05, 4.69) is 5.32 Å². The molecule has 1 N–H and O–H groups in total. The van der Waals surface area contributed by atoms with Crippen molar-refractivity contribution in [2.75, 3.05) is 19.6 Å². The van der Waals surface area contributed by atoms with Gasteiger partial charge in [0.25, 0.3) is 0 Å². The second kappa shape index (κ2) is 4.96. The van der Waals surface area contributed by atoms with Crippen molar-refractivity contribution in [2.45, 2.75) is 32.9 Å². The van der Waals surface area contributed by atoms with Gasteiger partial charge in [0.15, 0.2) is 0 Å². The van der Waals surface area contributed by atoms with Gasteiger partial charge in [0.05, 0.1) is 6.54 Å². The molecule has 0 radical (unpaired) electrons. The minimum absolute atomic E-state index is 0.0305. The van der Waals surface area contributed by atoms with E-state index in [1.165, 1.54) is 0 Å². The van der Waals surface area contributed by atoms with Crippen LogP contribution in [0.15, 0.2) is 0 Å². The molecule has 0 aromatic rings. The number of amides is 3. The third kappa shape index (κ3) is 2.47. The average molecular weight is 253 g/mol. The van der Waals surface area contributed by atoms with Gasteiger partial charge in [0.1, 0.15) is 12.7 Å². The quantitative estimate of drug-likeness (QED) is 0.740. The van der Waals surface area contributed by atoms with Crippen LogP contribution in [0.25, 0.3) is 0 Å². The highest BCUT2D eigenvalue weighted by atomic mass is 16.2. The number of carbonyl (C=O) groups excluding carboxylic acids is 3. The second-order valence-electron chi connectivity index (χ2n) is 5.20. The molecule has 0 spiro atoms. The summed E-state index contributed by atoms with van der Waals surface area (Å²) in [5.74, 6) is -0.0882. The summed E-state index contributed by atoms with van der Waals surface area (Å²) < 4.78 is 0. The van der Waals surface area contributed by atoms with Gasteiger partial charge in [0.2, 0.25) is 17.7 Å². The predicted molar refractivity (Wildman–Crippen MR) is 64.3 cm³/mol. The molecule has 0 aromatic heterocycles. The van der Waals surface area contributed by atoms with Crippen LogP contribution in [0.5, 0.6) is 0 Å². The molecule has 3 amide bonds. The fourth-order valence-electron chi connectivity index (χ4n) is 2.44. The van der Waals surface area contributed by atoms with E-state index >= 15 is 0 Å². The van der Waals surface area contributed by atoms with Crippen molar-refractivity contribution in [1.82, 2.24) is 15.1 Å². The Labute approximate surface area is 106 Å². The highest BCUT2D eigenvalue weighted by Gasteiger charge is 2.36. The molecule has 2 fully saturated rings. The summed E-state index contributed by atoms with van der Waals surface area (Å²) in [5.41, 5.74) is 0. The van der Waals surface area contributed by atoms with Crippen LogP contribution in [0, 0.1) is 5.92 Å². The van der Waals surface area contributed by atoms with Gasteiger partial charge in [-0.15, -0.1) is 0 Å². The molecular weight excluding hydrogens is 234 g/mol. The van der Waals surface area contributed by atoms with E-state index in [1.807, 2.05) is 13.8 Å². The van der Waals surface area contributed by atoms with Crippen molar-refractivity contribution in [3.63, 3.8) is 0 Å². The molecule has 6 heteroatoms. The number of hydrogen-bond acceptors (Lipinski definition) is 3. The number of hydrogen-bond donors (Lipinski definition) is 1. The molecular formula is C12H19N3O3. The SMILES string of the molecule is CC(C)C1NC(=O)CN1C(=O)CN1CCCC1=O. The molecule has 0 aliphatic carbocycles. The van der Waals surface area contributed by atoms with Crippen molar-refractivity contribution < 1.29 is 14.4 Å². The Balaban J connectivity index is 1.99. The number of carbonyl (C=O) groups is 3. The van der Waals surface area contributed by atoms with Gasteiger partial charge in [0, 0.05) is 13.0 Å². The molecule has 6 nitrogen and oxygen atoms in total. The average Bonchev–Trinajstić information content (AvgIpc) is 2.86. The lowest BCUT2D eigenvalue weighted by Crippen LogP contribution is -2.47. The summed E-state index contributed by atoms with van der Waals surface area (Å²) in [6.07, 6.45) is 1.09. The van der Waals surface area contributed by atoms with Crippen LogP contribution in [-0.2, 0) is 14.4 Å². The van der Waals surface area contributed by atoms with Gasteiger partial charge >= 0.3 is 0 Å². The maximum Gasteiger partial charge on any atom is 0.244 e. The Morgan fingerprint density at radius 2 is 2.17 bits per heavy atom. The smallest absolute Gasteiger partial charge is 0.244 e. The highest BCUT2D eigenvalue weighted by Crippen LogP contribution is 2.15. The third-order valence-corrected chi connectivity index (χ3v) is 3.41. The Bertz CT molecular complexity index is 381. The lowest BCUT2D eigenvalue weighted by Gasteiger charge is -2.28. The van der Waals surface area contributed by atoms with Crippen LogP contribution in [0.3, 0.4) is 0 Å². The first-order valence-electron chi connectivity index (χ1n) is 6.35. The standard InChI is InChI=1S/C12H19N3O3/c1-8(2)12-13-9(16)6-15(12)11(18)7-14-5-3-4-10(14)17/h8,12H,3-7H2,1-2H3,(H,13,16). The lowest BCUT2D eigenvalue weighted by atomic mass is 10.1. The van der Waals surface area contributed by atoms with E-state index < -0.39 is 0 Å². The van der Waals surface area contributed by atoms with E-state index in [1.54, 1.807) is 9.80 Å². The summed E-state index contributed by atoms with van der Waals surface area (Å²) in [6.45, 7) is 4.75. The van der Waals surface area contributed by atoms with E-state index in [0.29, 0.717) is 13.0 Å². The first-order valence-corrected chi connectivity index (χ1v) is 6.35. The van der Waals surface area contributed by atoms with Crippen molar-refractivity contribution in [1.29, 1.82) is 0 Å². The lowest BCUT2D eigenvalue weighted by molar-refractivity contribution is -0.139. The van der Waals surface area contributed by atoms with E-state index in [0.717, 1.165) is 6.42 Å². The minimum Gasteiger partial charge on any atom is -0.334 e. The fraction of sp³-hybridized carbons (Fsp3) is 0.750. The van der Waals surface area contributed by atoms with Crippen LogP contribution in [0.1, 0.15) is 26.7 Å². The summed E-state index contributed by atoms with van der Waals surface area (Å²) in [4.78, 5) is 38.1. The molecule has 2 aliphatic rings. The Kier molecular flexibility index (Phi) is 3.54. The Morgan fingerprint density at radius 3 is 2.72 bits per heavy atom. The molecule has 2 rings (SSSR count). The van der Waals surface area contributed by atoms with E-state index in [9.17, 15) is 14.4 Å². The maximum absolute atomic E-state index is 12.1. The normalized spacial score (nSPS) is 24.1. The first-order chi connectivity index (χ1) is 8.49. The monoisotopic (exact) mass is 253 g/mol. The van der Waals surface area contributed by atoms with Crippen LogP contribution in [0.4, 0.5) is 0 Å². The molecule has 2 saturated heterocycles. The maximum atomic E-state index is 12.1. The van der Waals surface area contributed by atoms with Gasteiger partial charge in [-0.25, -0.2) is 0 Å². The number of nitrogens with zero attached hydrogens (tertiary/aromatic N) is 2. The van der Waals surface area contributed by atoms with Crippen molar-refractivity contribution in [3.05, 3.63) is 0 Å². The van der Waals surface area contributed by atoms with Gasteiger partial charge < -0.3 is 15.1 Å². The molecule has 100 valence electrons. The Morgan fingerprint density at radius 1 is 1.44 bits per heavy atom. The minimum atomic E-state index is -0.247. The molecule has 0 bridgehead atoms. The first kappa shape index (κ1) is 12.9. The zero-order chi connectivity index (χ0) is 13.3. The summed E-state index contributed by atoms with van der Waals surface area (Å²) in [7, 11) is 0. The van der Waals surface area contributed by atoms with E-state index in [-0.39, 0.29) is 42.9 Å². The largest absolute Gasteiger partial charge is 0.334 e. The second-order valence-corrected chi connectivity index (χ2v) is 5.20. The van der Waals surface area contributed by atoms with Crippen LogP contribution in [-0.4, -0.2) is 53.3 Å². The van der Waals surface area contributed by atoms with Gasteiger partial charge in [-0.2, -0.15) is 0 Å². The molecule has 1 unspecified atom stereocenters. The van der Waals surface area contributed by atoms with Gasteiger partial charge in [-0.05, 0) is 12.3 Å². The number of likely N-dealkylation sites (tertiary alicyclic amines) is 1. The highest BCUT2D eigenvalue weighted by molar-refractivity contribution is 5.91. The molecule has 0 saturated carbocycles. The van der Waals surface area contributed by atoms with Crippen molar-refractivity contribution in [2.24, 2.45) is 5.92 Å². The summed E-state index contributed by atoms with van der Waals surface area (Å²) in [5, 5.41) is 2.78. The zero-order valence-electron chi connectivity index (χ0n) is 10.8. The summed E-state index contributed by atoms with van der Waals surface area (Å²) >= 11 is 0. The predicted octanol–water partition coefficient (Wildman–Crippen LogP) is -0.451. The van der Waals surface area contributed by atoms with Crippen molar-refractivity contribution in [3.8, 4) is 0 Å². The van der Waals surface area contributed by atoms with Gasteiger partial charge in [-0.1, -0.05) is 13.8 Å². The van der Waals surface area contributed by atoms with Crippen LogP contribution < -0.4 is 5.32 Å². The Hall–Kier alpha value is -1.59. The number of nitrogens with one attached hydrogen (secondary N) is 1. The molecule has 2 aliphatic heterocycles. The van der Waals surface area contributed by atoms with Crippen LogP contribution in [0.2, 0.25) is 0 Å². The molecule has 1 atom stereocenters. The molecule has 18 heavy (non-hydrogen) atoms. The van der Waals surface area contributed by atoms with E-state index in [4.69, 9.17) is 0 Å². The fourth-order valence-corrected chi connectivity index (χ4v) is 2.44. The molecule has 0 aromatic carbocycles. The zero-order valence-corrected chi connectivity index (χ0v) is 10.8. The molecule has 2 heterocycles. The third-order valence-electron chi connectivity index (χ3n) is 3.41. The van der Waals surface area contributed by atoms with Crippen molar-refractivity contribution >= 4 is 17.7 Å². The van der Waals surface area contributed by atoms with Crippen LogP contribution >= 0.6 is 0 Å². The summed E-state index contributed by atoms with van der Waals surface area (Å²) in [6, 6.07) is 0.